The third-order valence-corrected chi connectivity index (χ3v) is 8.40. The molecule has 0 bridgehead atoms. The Morgan fingerprint density at radius 2 is 2.08 bits per heavy atom. The van der Waals surface area contributed by atoms with Crippen LogP contribution in [0.15, 0.2) is 16.9 Å². The average molecular weight is 551 g/mol. The number of carbonyl (C=O) groups excluding carboxylic acids is 2. The third kappa shape index (κ3) is 3.87. The van der Waals surface area contributed by atoms with Crippen molar-refractivity contribution in [2.24, 2.45) is 0 Å². The van der Waals surface area contributed by atoms with Gasteiger partial charge >= 0.3 is 5.97 Å². The van der Waals surface area contributed by atoms with Crippen LogP contribution in [0.1, 0.15) is 66.1 Å². The molecule has 4 heterocycles. The molecule has 3 aliphatic rings. The van der Waals surface area contributed by atoms with Gasteiger partial charge in [-0.15, -0.1) is 0 Å². The van der Waals surface area contributed by atoms with Crippen molar-refractivity contribution in [2.75, 3.05) is 19.9 Å². The zero-order valence-electron chi connectivity index (χ0n) is 22.6. The van der Waals surface area contributed by atoms with Crippen LogP contribution < -0.4 is 16.2 Å². The zero-order valence-corrected chi connectivity index (χ0v) is 22.6. The average Bonchev–Trinajstić information content (AvgIpc) is 3.31. The SMILES string of the molecule is CCNCOCC(=O)N[C@H]1CCc2c(C)c(F)cc3nc4c(c1c23)Cn1c-4cc2c(c1=O)COC(=O)[C@]2(O)CC. The number of ether oxygens (including phenoxy) is 2. The number of halogens is 1. The van der Waals surface area contributed by atoms with Gasteiger partial charge in [0.05, 0.1) is 41.8 Å². The number of hydrogen-bond acceptors (Lipinski definition) is 8. The van der Waals surface area contributed by atoms with Crippen LogP contribution in [-0.4, -0.2) is 46.4 Å². The highest BCUT2D eigenvalue weighted by Crippen LogP contribution is 2.45. The molecule has 0 radical (unpaired) electrons. The molecule has 11 heteroatoms. The topological polar surface area (TPSA) is 132 Å². The first kappa shape index (κ1) is 26.5. The fourth-order valence-corrected chi connectivity index (χ4v) is 6.25. The number of aryl methyl sites for hydroxylation is 1. The molecule has 1 aromatic carbocycles. The highest BCUT2D eigenvalue weighted by Gasteiger charge is 2.46. The number of aromatic nitrogens is 2. The lowest BCUT2D eigenvalue weighted by Crippen LogP contribution is -2.44. The van der Waals surface area contributed by atoms with Crippen molar-refractivity contribution in [3.05, 3.63) is 61.7 Å². The Kier molecular flexibility index (Phi) is 6.47. The van der Waals surface area contributed by atoms with Crippen LogP contribution in [0.5, 0.6) is 0 Å². The summed E-state index contributed by atoms with van der Waals surface area (Å²) in [7, 11) is 0. The summed E-state index contributed by atoms with van der Waals surface area (Å²) in [5, 5.41) is 18.1. The Morgan fingerprint density at radius 1 is 1.27 bits per heavy atom. The summed E-state index contributed by atoms with van der Waals surface area (Å²) in [4.78, 5) is 43.9. The molecule has 1 aliphatic carbocycles. The number of hydrogen-bond donors (Lipinski definition) is 3. The number of amides is 1. The lowest BCUT2D eigenvalue weighted by Gasteiger charge is -2.31. The van der Waals surface area contributed by atoms with Crippen molar-refractivity contribution in [1.82, 2.24) is 20.2 Å². The van der Waals surface area contributed by atoms with E-state index in [-0.39, 0.29) is 61.3 Å². The van der Waals surface area contributed by atoms with Crippen molar-refractivity contribution in [3.8, 4) is 11.4 Å². The van der Waals surface area contributed by atoms with E-state index in [1.165, 1.54) is 6.07 Å². The molecule has 0 unspecified atom stereocenters. The van der Waals surface area contributed by atoms with Crippen LogP contribution in [0.3, 0.4) is 0 Å². The lowest BCUT2D eigenvalue weighted by molar-refractivity contribution is -0.172. The number of esters is 1. The number of cyclic esters (lactones) is 1. The van der Waals surface area contributed by atoms with Crippen molar-refractivity contribution in [3.63, 3.8) is 0 Å². The van der Waals surface area contributed by atoms with E-state index in [1.54, 1.807) is 24.5 Å². The van der Waals surface area contributed by atoms with Gasteiger partial charge in [-0.25, -0.2) is 14.2 Å². The molecular weight excluding hydrogens is 519 g/mol. The summed E-state index contributed by atoms with van der Waals surface area (Å²) in [6.07, 6.45) is 1.13. The molecule has 210 valence electrons. The van der Waals surface area contributed by atoms with Crippen LogP contribution in [0.25, 0.3) is 22.3 Å². The Balaban J connectivity index is 1.52. The van der Waals surface area contributed by atoms with Crippen LogP contribution >= 0.6 is 0 Å². The first-order chi connectivity index (χ1) is 19.2. The van der Waals surface area contributed by atoms with E-state index in [2.05, 4.69) is 10.6 Å². The van der Waals surface area contributed by atoms with Gasteiger partial charge in [-0.2, -0.15) is 0 Å². The Labute approximate surface area is 229 Å². The lowest BCUT2D eigenvalue weighted by atomic mass is 9.81. The van der Waals surface area contributed by atoms with E-state index in [0.29, 0.717) is 35.3 Å². The van der Waals surface area contributed by atoms with Gasteiger partial charge in [0.15, 0.2) is 5.60 Å². The first-order valence-corrected chi connectivity index (χ1v) is 13.6. The highest BCUT2D eigenvalue weighted by molar-refractivity contribution is 5.94. The maximum absolute atomic E-state index is 15.0. The molecule has 10 nitrogen and oxygen atoms in total. The van der Waals surface area contributed by atoms with Gasteiger partial charge in [0, 0.05) is 22.6 Å². The summed E-state index contributed by atoms with van der Waals surface area (Å²) in [6, 6.07) is 2.62. The molecule has 2 atom stereocenters. The van der Waals surface area contributed by atoms with Crippen LogP contribution in [-0.2, 0) is 44.2 Å². The summed E-state index contributed by atoms with van der Waals surface area (Å²) in [5.41, 5.74) is 2.40. The number of carbonyl (C=O) groups is 2. The van der Waals surface area contributed by atoms with E-state index in [9.17, 15) is 19.5 Å². The predicted octanol–water partition coefficient (Wildman–Crippen LogP) is 2.21. The maximum atomic E-state index is 15.0. The van der Waals surface area contributed by atoms with Gasteiger partial charge in [0.25, 0.3) is 5.56 Å². The second-order valence-electron chi connectivity index (χ2n) is 10.6. The molecule has 3 aromatic rings. The monoisotopic (exact) mass is 550 g/mol. The molecule has 2 aliphatic heterocycles. The van der Waals surface area contributed by atoms with E-state index >= 15 is 4.39 Å². The minimum absolute atomic E-state index is 0.0305. The molecule has 2 aromatic heterocycles. The molecule has 1 amide bonds. The third-order valence-electron chi connectivity index (χ3n) is 8.40. The van der Waals surface area contributed by atoms with Gasteiger partial charge in [0.1, 0.15) is 19.0 Å². The predicted molar refractivity (Wildman–Crippen MR) is 143 cm³/mol. The molecule has 40 heavy (non-hydrogen) atoms. The van der Waals surface area contributed by atoms with Crippen LogP contribution in [0.4, 0.5) is 4.39 Å². The van der Waals surface area contributed by atoms with Gasteiger partial charge in [-0.05, 0) is 55.5 Å². The summed E-state index contributed by atoms with van der Waals surface area (Å²) in [5.74, 6) is -1.45. The Bertz CT molecular complexity index is 1650. The van der Waals surface area contributed by atoms with Crippen molar-refractivity contribution < 1.29 is 28.6 Å². The maximum Gasteiger partial charge on any atom is 0.343 e. The molecule has 0 spiro atoms. The second kappa shape index (κ2) is 9.76. The highest BCUT2D eigenvalue weighted by atomic mass is 19.1. The van der Waals surface area contributed by atoms with Crippen molar-refractivity contribution >= 4 is 22.8 Å². The molecular formula is C29H31FN4O6. The van der Waals surface area contributed by atoms with Crippen LogP contribution in [0.2, 0.25) is 0 Å². The van der Waals surface area contributed by atoms with E-state index < -0.39 is 17.6 Å². The largest absolute Gasteiger partial charge is 0.458 e. The number of fused-ring (bicyclic) bond motifs is 5. The van der Waals surface area contributed by atoms with Gasteiger partial charge < -0.3 is 24.5 Å². The van der Waals surface area contributed by atoms with Gasteiger partial charge in [-0.3, -0.25) is 14.9 Å². The normalized spacial score (nSPS) is 20.6. The van der Waals surface area contributed by atoms with E-state index in [1.807, 2.05) is 6.92 Å². The van der Waals surface area contributed by atoms with Gasteiger partial charge in [-0.1, -0.05) is 13.8 Å². The minimum atomic E-state index is -1.95. The molecule has 6 rings (SSSR count). The number of pyridine rings is 2. The Morgan fingerprint density at radius 3 is 2.83 bits per heavy atom. The number of rotatable bonds is 7. The summed E-state index contributed by atoms with van der Waals surface area (Å²) < 4.78 is 27.2. The summed E-state index contributed by atoms with van der Waals surface area (Å²) in [6.45, 7) is 6.14. The van der Waals surface area contributed by atoms with Crippen molar-refractivity contribution in [2.45, 2.75) is 64.8 Å². The number of aliphatic hydroxyl groups is 1. The van der Waals surface area contributed by atoms with E-state index in [0.717, 1.165) is 28.6 Å². The first-order valence-electron chi connectivity index (χ1n) is 13.6. The molecule has 0 saturated heterocycles. The summed E-state index contributed by atoms with van der Waals surface area (Å²) >= 11 is 0. The number of nitrogens with one attached hydrogen (secondary N) is 2. The molecule has 0 fully saturated rings. The Hall–Kier alpha value is -3.67. The smallest absolute Gasteiger partial charge is 0.343 e. The van der Waals surface area contributed by atoms with E-state index in [4.69, 9.17) is 14.5 Å². The molecule has 3 N–H and O–H groups in total. The minimum Gasteiger partial charge on any atom is -0.458 e. The second-order valence-corrected chi connectivity index (χ2v) is 10.6. The van der Waals surface area contributed by atoms with Gasteiger partial charge in [0.2, 0.25) is 5.91 Å². The zero-order chi connectivity index (χ0) is 28.3. The quantitative estimate of drug-likeness (QED) is 0.181. The molecule has 0 saturated carbocycles. The number of benzene rings is 1. The fourth-order valence-electron chi connectivity index (χ4n) is 6.25. The standard InChI is InChI=1S/C29H31FN4O6/c1-4-29(38)18-8-22-26-16(10-34(22)27(36)17(18)11-40-28(29)37)25-20(32-23(35)12-39-13-31-5-2)7-6-15-14(3)19(30)9-21(33-26)24(15)25/h8-9,20,31,38H,4-7,10-13H2,1-3H3,(H,32,35)/t20-,29-/m0/s1. The van der Waals surface area contributed by atoms with Crippen molar-refractivity contribution in [1.29, 1.82) is 0 Å². The van der Waals surface area contributed by atoms with Crippen LogP contribution in [0, 0.1) is 12.7 Å². The fraction of sp³-hybridized carbons (Fsp3) is 0.448. The number of nitrogens with zero attached hydrogens (tertiary/aromatic N) is 2.